The molecule has 0 saturated heterocycles. The van der Waals surface area contributed by atoms with E-state index >= 15 is 0 Å². The van der Waals surface area contributed by atoms with Gasteiger partial charge in [-0.1, -0.05) is 0 Å². The second kappa shape index (κ2) is 9.22. The SMILES string of the molecule is CC(C)=O.[Li][Br]. The molecule has 0 atom stereocenters. The topological polar surface area (TPSA) is 17.1 Å². The zero-order chi connectivity index (χ0) is 5.58. The average Bonchev–Trinajstić information content (AvgIpc) is 1.41. The molecule has 0 aromatic carbocycles. The molecule has 0 amide bonds. The van der Waals surface area contributed by atoms with Gasteiger partial charge in [0.05, 0.1) is 0 Å². The Kier molecular flexibility index (Phi) is 15.2. The molecule has 0 aromatic heterocycles. The molecule has 0 unspecified atom stereocenters. The Morgan fingerprint density at radius 3 is 1.50 bits per heavy atom. The van der Waals surface area contributed by atoms with Gasteiger partial charge >= 0.3 is 29.5 Å². The van der Waals surface area contributed by atoms with Gasteiger partial charge in [0.25, 0.3) is 0 Å². The van der Waals surface area contributed by atoms with Crippen molar-refractivity contribution in [2.75, 3.05) is 0 Å². The minimum absolute atomic E-state index is 0.167. The van der Waals surface area contributed by atoms with Crippen LogP contribution in [0.4, 0.5) is 0 Å². The van der Waals surface area contributed by atoms with Crippen LogP contribution in [0.25, 0.3) is 0 Å². The number of hydrogen-bond donors (Lipinski definition) is 0. The van der Waals surface area contributed by atoms with Gasteiger partial charge in [-0.15, -0.1) is 0 Å². The molecule has 0 spiro atoms. The summed E-state index contributed by atoms with van der Waals surface area (Å²) in [4.78, 5) is 9.44. The van der Waals surface area contributed by atoms with E-state index in [9.17, 15) is 4.79 Å². The van der Waals surface area contributed by atoms with E-state index in [0.29, 0.717) is 0 Å². The molecule has 0 aliphatic heterocycles. The van der Waals surface area contributed by atoms with Crippen LogP contribution in [0.3, 0.4) is 0 Å². The van der Waals surface area contributed by atoms with Gasteiger partial charge in [0.1, 0.15) is 5.78 Å². The Labute approximate surface area is 54.1 Å². The van der Waals surface area contributed by atoms with Crippen molar-refractivity contribution < 1.29 is 4.79 Å². The fourth-order valence-electron chi connectivity index (χ4n) is 0. The number of Topliss-reactive ketones (excluding diaryl/α,β-unsaturated/α-hetero) is 1. The number of hydrogen-bond acceptors (Lipinski definition) is 1. The van der Waals surface area contributed by atoms with E-state index in [1.165, 1.54) is 13.8 Å². The Morgan fingerprint density at radius 2 is 1.50 bits per heavy atom. The van der Waals surface area contributed by atoms with Crippen LogP contribution in [0.15, 0.2) is 0 Å². The first kappa shape index (κ1) is 9.89. The summed E-state index contributed by atoms with van der Waals surface area (Å²) in [7, 11) is 0. The number of ketones is 1. The van der Waals surface area contributed by atoms with Crippen LogP contribution in [0, 0.1) is 0 Å². The van der Waals surface area contributed by atoms with Crippen molar-refractivity contribution in [1.82, 2.24) is 0 Å². The fourth-order valence-corrected chi connectivity index (χ4v) is 0. The van der Waals surface area contributed by atoms with E-state index in [1.807, 2.05) is 15.8 Å². The molecule has 0 saturated carbocycles. The van der Waals surface area contributed by atoms with Gasteiger partial charge in [0, 0.05) is 0 Å². The third kappa shape index (κ3) is 119. The standard InChI is InChI=1S/C3H6O.BrH.Li/c1-3(2)4;;/h1-2H3;1H;/q;;+1/p-1. The summed E-state index contributed by atoms with van der Waals surface area (Å²) in [5.41, 5.74) is 0. The number of halogens is 1. The van der Waals surface area contributed by atoms with Gasteiger partial charge in [0.15, 0.2) is 0 Å². The van der Waals surface area contributed by atoms with Crippen LogP contribution in [0.1, 0.15) is 13.8 Å². The summed E-state index contributed by atoms with van der Waals surface area (Å²) in [6, 6.07) is 0. The van der Waals surface area contributed by atoms with Gasteiger partial charge in [-0.2, -0.15) is 0 Å². The Morgan fingerprint density at radius 1 is 1.50 bits per heavy atom. The van der Waals surface area contributed by atoms with Gasteiger partial charge in [-0.05, 0) is 13.8 Å². The van der Waals surface area contributed by atoms with E-state index in [2.05, 4.69) is 13.7 Å². The van der Waals surface area contributed by atoms with E-state index in [4.69, 9.17) is 0 Å². The van der Waals surface area contributed by atoms with E-state index in [-0.39, 0.29) is 5.78 Å². The Balaban J connectivity index is 0. The van der Waals surface area contributed by atoms with Gasteiger partial charge in [0.2, 0.25) is 0 Å². The van der Waals surface area contributed by atoms with E-state index in [0.717, 1.165) is 0 Å². The monoisotopic (exact) mass is 144 g/mol. The number of rotatable bonds is 0. The average molecular weight is 145 g/mol. The molecule has 3 heteroatoms. The second-order valence-corrected chi connectivity index (χ2v) is 0.908. The third-order valence-corrected chi connectivity index (χ3v) is 0. The van der Waals surface area contributed by atoms with Crippen molar-refractivity contribution in [3.05, 3.63) is 0 Å². The molecule has 6 heavy (non-hydrogen) atoms. The summed E-state index contributed by atoms with van der Waals surface area (Å²) >= 11 is 4.75. The summed E-state index contributed by atoms with van der Waals surface area (Å²) in [6.45, 7) is 3.06. The molecule has 0 N–H and O–H groups in total. The maximum atomic E-state index is 9.44. The van der Waals surface area contributed by atoms with Crippen molar-refractivity contribution in [3.8, 4) is 0 Å². The first-order valence-electron chi connectivity index (χ1n) is 1.58. The Hall–Kier alpha value is 0.747. The summed E-state index contributed by atoms with van der Waals surface area (Å²) in [5.74, 6) is 0.167. The molecule has 32 valence electrons. The van der Waals surface area contributed by atoms with Crippen molar-refractivity contribution in [3.63, 3.8) is 0 Å². The second-order valence-electron chi connectivity index (χ2n) is 0.908. The number of carbonyl (C=O) groups excluding carboxylic acids is 1. The van der Waals surface area contributed by atoms with Crippen LogP contribution < -0.4 is 0 Å². The molecule has 0 aliphatic rings. The quantitative estimate of drug-likeness (QED) is 0.465. The van der Waals surface area contributed by atoms with Crippen LogP contribution in [-0.4, -0.2) is 21.6 Å². The van der Waals surface area contributed by atoms with E-state index < -0.39 is 0 Å². The predicted octanol–water partition coefficient (Wildman–Crippen LogP) is 1.06. The zero-order valence-corrected chi connectivity index (χ0v) is 5.87. The third-order valence-electron chi connectivity index (χ3n) is 0. The molecule has 0 aromatic rings. The summed E-state index contributed by atoms with van der Waals surface area (Å²) < 4.78 is 0. The minimum atomic E-state index is 0.167. The van der Waals surface area contributed by atoms with Crippen molar-refractivity contribution in [2.45, 2.75) is 13.8 Å². The molecule has 1 nitrogen and oxygen atoms in total. The van der Waals surface area contributed by atoms with E-state index in [1.54, 1.807) is 0 Å². The van der Waals surface area contributed by atoms with Crippen LogP contribution in [0.5, 0.6) is 0 Å². The predicted molar refractivity (Wildman–Crippen MR) is 31.0 cm³/mol. The van der Waals surface area contributed by atoms with Gasteiger partial charge in [-0.3, -0.25) is 0 Å². The fraction of sp³-hybridized carbons (Fsp3) is 0.667. The van der Waals surface area contributed by atoms with Gasteiger partial charge in [-0.25, -0.2) is 0 Å². The zero-order valence-electron chi connectivity index (χ0n) is 4.29. The molecule has 0 heterocycles. The van der Waals surface area contributed by atoms with Crippen molar-refractivity contribution in [1.29, 1.82) is 0 Å². The molecule has 0 rings (SSSR count). The molecule has 0 bridgehead atoms. The van der Waals surface area contributed by atoms with Crippen molar-refractivity contribution in [2.24, 2.45) is 0 Å². The van der Waals surface area contributed by atoms with Crippen LogP contribution >= 0.6 is 13.7 Å². The summed E-state index contributed by atoms with van der Waals surface area (Å²) in [6.07, 6.45) is 0. The first-order chi connectivity index (χ1) is 2.73. The number of carbonyl (C=O) groups is 1. The van der Waals surface area contributed by atoms with Gasteiger partial charge < -0.3 is 4.79 Å². The maximum absolute atomic E-state index is 9.44. The van der Waals surface area contributed by atoms with Crippen LogP contribution in [0.2, 0.25) is 0 Å². The molecular weight excluding hydrogens is 139 g/mol. The Bertz CT molecular complexity index is 33.8. The molecular formula is C3H6BrLiO. The normalized spacial score (nSPS) is 5.50. The van der Waals surface area contributed by atoms with Crippen molar-refractivity contribution >= 4 is 35.3 Å². The molecule has 0 aliphatic carbocycles. The summed E-state index contributed by atoms with van der Waals surface area (Å²) in [5, 5.41) is 0. The first-order valence-corrected chi connectivity index (χ1v) is 3.17. The van der Waals surface area contributed by atoms with Crippen LogP contribution in [-0.2, 0) is 4.79 Å². The molecule has 0 fully saturated rings. The molecule has 0 radical (unpaired) electrons.